The predicted molar refractivity (Wildman–Crippen MR) is 66.0 cm³/mol. The van der Waals surface area contributed by atoms with Crippen LogP contribution in [-0.4, -0.2) is 19.6 Å². The Morgan fingerprint density at radius 2 is 1.78 bits per heavy atom. The first-order valence-electron chi connectivity index (χ1n) is 5.16. The molecule has 0 bridgehead atoms. The summed E-state index contributed by atoms with van der Waals surface area (Å²) in [7, 11) is -4.22. The molecule has 0 aromatic heterocycles. The van der Waals surface area contributed by atoms with E-state index in [-0.39, 0.29) is 35.9 Å². The van der Waals surface area contributed by atoms with Crippen molar-refractivity contribution < 1.29 is 48.7 Å². The van der Waals surface area contributed by atoms with Gasteiger partial charge in [-0.05, 0) is 19.1 Å². The quantitative estimate of drug-likeness (QED) is 0.612. The zero-order valence-electron chi connectivity index (χ0n) is 11.3. The van der Waals surface area contributed by atoms with Gasteiger partial charge in [0, 0.05) is 10.8 Å². The molecule has 0 spiro atoms. The number of rotatable bonds is 3. The molecule has 0 fully saturated rings. The van der Waals surface area contributed by atoms with Gasteiger partial charge in [-0.25, -0.2) is 0 Å². The van der Waals surface area contributed by atoms with Gasteiger partial charge in [-0.2, -0.15) is 8.42 Å². The molecule has 92 valence electrons. The summed E-state index contributed by atoms with van der Waals surface area (Å²) in [4.78, 5) is -0.100. The zero-order valence-corrected chi connectivity index (χ0v) is 13.1. The molecule has 2 rings (SSSR count). The van der Waals surface area contributed by atoms with E-state index in [1.165, 1.54) is 6.07 Å². The molecule has 6 heteroatoms. The zero-order chi connectivity index (χ0) is 12.5. The van der Waals surface area contributed by atoms with E-state index in [0.717, 1.165) is 0 Å². The third-order valence-corrected chi connectivity index (χ3v) is 3.33. The van der Waals surface area contributed by atoms with Crippen molar-refractivity contribution in [1.29, 1.82) is 0 Å². The molecule has 0 aliphatic carbocycles. The normalized spacial score (nSPS) is 11.0. The predicted octanol–water partition coefficient (Wildman–Crippen LogP) is -0.398. The van der Waals surface area contributed by atoms with Crippen LogP contribution in [0.2, 0.25) is 0 Å². The van der Waals surface area contributed by atoms with E-state index in [1.54, 1.807) is 30.3 Å². The molecule has 4 nitrogen and oxygen atoms in total. The third-order valence-electron chi connectivity index (χ3n) is 2.42. The van der Waals surface area contributed by atoms with Crippen LogP contribution in [-0.2, 0) is 10.1 Å². The summed E-state index contributed by atoms with van der Waals surface area (Å²) in [6, 6.07) is 9.80. The van der Waals surface area contributed by atoms with Gasteiger partial charge in [-0.3, -0.25) is 4.55 Å². The van der Waals surface area contributed by atoms with Gasteiger partial charge in [0.2, 0.25) is 0 Å². The topological polar surface area (TPSA) is 63.6 Å². The molecule has 0 saturated carbocycles. The Bertz CT molecular complexity index is 658. The summed E-state index contributed by atoms with van der Waals surface area (Å²) in [6.45, 7) is 2.35. The van der Waals surface area contributed by atoms with Crippen LogP contribution in [0.15, 0.2) is 41.3 Å². The largest absolute Gasteiger partial charge is 1.00 e. The van der Waals surface area contributed by atoms with Gasteiger partial charge >= 0.3 is 29.6 Å². The van der Waals surface area contributed by atoms with Gasteiger partial charge in [-0.15, -0.1) is 0 Å². The Hall–Kier alpha value is -0.590. The second kappa shape index (κ2) is 6.04. The maximum atomic E-state index is 11.2. The van der Waals surface area contributed by atoms with E-state index < -0.39 is 10.1 Å². The van der Waals surface area contributed by atoms with Crippen molar-refractivity contribution in [3.8, 4) is 5.75 Å². The average Bonchev–Trinajstić information content (AvgIpc) is 2.28. The van der Waals surface area contributed by atoms with Crippen molar-refractivity contribution in [1.82, 2.24) is 0 Å². The second-order valence-electron chi connectivity index (χ2n) is 3.52. The van der Waals surface area contributed by atoms with Crippen LogP contribution in [0.5, 0.6) is 5.75 Å². The van der Waals surface area contributed by atoms with Crippen LogP contribution in [0, 0.1) is 0 Å². The second-order valence-corrected chi connectivity index (χ2v) is 4.91. The summed E-state index contributed by atoms with van der Waals surface area (Å²) in [5, 5.41) is 1.13. The maximum absolute atomic E-state index is 11.2. The monoisotopic (exact) mass is 276 g/mol. The van der Waals surface area contributed by atoms with E-state index in [2.05, 4.69) is 0 Å². The fourth-order valence-corrected chi connectivity index (χ4v) is 2.45. The van der Waals surface area contributed by atoms with Gasteiger partial charge < -0.3 is 6.16 Å². The Labute approximate surface area is 129 Å². The fourth-order valence-electron chi connectivity index (χ4n) is 1.75. The number of hydrogen-bond acceptors (Lipinski definition) is 3. The Kier molecular flexibility index (Phi) is 5.19. The van der Waals surface area contributed by atoms with Gasteiger partial charge in [0.25, 0.3) is 10.1 Å². The van der Waals surface area contributed by atoms with Crippen molar-refractivity contribution in [2.45, 2.75) is 11.8 Å². The van der Waals surface area contributed by atoms with E-state index in [4.69, 9.17) is 9.29 Å². The van der Waals surface area contributed by atoms with Crippen molar-refractivity contribution in [2.24, 2.45) is 0 Å². The van der Waals surface area contributed by atoms with Crippen molar-refractivity contribution in [3.05, 3.63) is 36.4 Å². The van der Waals surface area contributed by atoms with Gasteiger partial charge in [0.15, 0.2) is 0 Å². The smallest absolute Gasteiger partial charge is 1.00 e. The molecule has 0 amide bonds. The van der Waals surface area contributed by atoms with Crippen molar-refractivity contribution >= 4 is 20.9 Å². The van der Waals surface area contributed by atoms with Crippen molar-refractivity contribution in [2.75, 3.05) is 6.61 Å². The summed E-state index contributed by atoms with van der Waals surface area (Å²) >= 11 is 0. The van der Waals surface area contributed by atoms with E-state index in [1.807, 2.05) is 6.92 Å². The molecule has 1 N–H and O–H groups in total. The van der Waals surface area contributed by atoms with E-state index in [9.17, 15) is 8.42 Å². The molecule has 0 heterocycles. The molecule has 0 unspecified atom stereocenters. The van der Waals surface area contributed by atoms with Crippen LogP contribution < -0.4 is 34.3 Å². The summed E-state index contributed by atoms with van der Waals surface area (Å²) in [5.41, 5.74) is 0. The first-order valence-corrected chi connectivity index (χ1v) is 6.60. The van der Waals surface area contributed by atoms with Gasteiger partial charge in [0.1, 0.15) is 10.6 Å². The van der Waals surface area contributed by atoms with E-state index in [0.29, 0.717) is 23.1 Å². The van der Waals surface area contributed by atoms with Crippen LogP contribution in [0.25, 0.3) is 10.8 Å². The molecule has 18 heavy (non-hydrogen) atoms. The number of benzene rings is 2. The van der Waals surface area contributed by atoms with E-state index >= 15 is 0 Å². The number of ether oxygens (including phenoxy) is 1. The Balaban J connectivity index is 0.00000162. The molecule has 0 atom stereocenters. The fraction of sp³-hybridized carbons (Fsp3) is 0.167. The standard InChI is InChI=1S/C12H12O4S.Na.H/c1-2-16-11-7-8-12(17(13,14)15)10-6-4-3-5-9(10)11;;/h3-8H,2H2,1H3,(H,13,14,15);;/q;+1;-1. The molecule has 0 aliphatic heterocycles. The molecule has 0 radical (unpaired) electrons. The summed E-state index contributed by atoms with van der Waals surface area (Å²) in [5.74, 6) is 0.607. The number of hydrogen-bond donors (Lipinski definition) is 1. The molecular formula is C12H13NaO4S. The number of fused-ring (bicyclic) bond motifs is 1. The van der Waals surface area contributed by atoms with Crippen LogP contribution in [0.4, 0.5) is 0 Å². The minimum atomic E-state index is -4.22. The molecule has 0 saturated heterocycles. The summed E-state index contributed by atoms with van der Waals surface area (Å²) in [6.07, 6.45) is 0. The van der Waals surface area contributed by atoms with Crippen LogP contribution in [0.1, 0.15) is 8.35 Å². The first-order chi connectivity index (χ1) is 8.04. The first kappa shape index (κ1) is 15.5. The van der Waals surface area contributed by atoms with Gasteiger partial charge in [-0.1, -0.05) is 24.3 Å². The average molecular weight is 276 g/mol. The SMILES string of the molecule is CCOc1ccc(S(=O)(=O)O)c2ccccc12.[H-].[Na+]. The minimum Gasteiger partial charge on any atom is -1.00 e. The van der Waals surface area contributed by atoms with Crippen LogP contribution in [0.3, 0.4) is 0 Å². The molecule has 0 aliphatic rings. The molecule has 2 aromatic carbocycles. The Morgan fingerprint density at radius 1 is 1.17 bits per heavy atom. The molecule has 2 aromatic rings. The summed E-state index contributed by atoms with van der Waals surface area (Å²) < 4.78 is 37.0. The van der Waals surface area contributed by atoms with Crippen molar-refractivity contribution in [3.63, 3.8) is 0 Å². The molecular weight excluding hydrogens is 263 g/mol. The Morgan fingerprint density at radius 3 is 2.33 bits per heavy atom. The third kappa shape index (κ3) is 3.05. The maximum Gasteiger partial charge on any atom is 1.00 e. The van der Waals surface area contributed by atoms with Gasteiger partial charge in [0.05, 0.1) is 6.61 Å². The van der Waals surface area contributed by atoms with Crippen LogP contribution >= 0.6 is 0 Å². The minimum absolute atomic E-state index is 0.